The Morgan fingerprint density at radius 3 is 2.89 bits per heavy atom. The number of rotatable bonds is 2. The van der Waals surface area contributed by atoms with Crippen molar-refractivity contribution in [3.8, 4) is 0 Å². The van der Waals surface area contributed by atoms with Crippen LogP contribution >= 0.6 is 11.3 Å². The summed E-state index contributed by atoms with van der Waals surface area (Å²) >= 11 is 1.63. The largest absolute Gasteiger partial charge is 0.354 e. The van der Waals surface area contributed by atoms with E-state index in [1.807, 2.05) is 0 Å². The summed E-state index contributed by atoms with van der Waals surface area (Å²) in [6, 6.07) is 2.12. The lowest BCUT2D eigenvalue weighted by Gasteiger charge is -2.23. The first-order valence-corrected chi connectivity index (χ1v) is 7.73. The fourth-order valence-electron chi connectivity index (χ4n) is 2.72. The van der Waals surface area contributed by atoms with Crippen LogP contribution in [0.3, 0.4) is 0 Å². The van der Waals surface area contributed by atoms with Gasteiger partial charge in [0.15, 0.2) is 0 Å². The van der Waals surface area contributed by atoms with Gasteiger partial charge in [-0.3, -0.25) is 9.59 Å². The second kappa shape index (κ2) is 5.33. The standard InChI is InChI=1S/C14H18N2O2S/c17-13-6-5-10(8-15-13)16-14(18)12-7-9-3-1-2-4-11(9)19-12/h7,10H,1-6,8H2,(H,15,17)(H,16,18). The van der Waals surface area contributed by atoms with Gasteiger partial charge < -0.3 is 10.6 Å². The number of carbonyl (C=O) groups excluding carboxylic acids is 2. The highest BCUT2D eigenvalue weighted by Crippen LogP contribution is 2.29. The molecule has 102 valence electrons. The van der Waals surface area contributed by atoms with Crippen molar-refractivity contribution in [1.82, 2.24) is 10.6 Å². The molecule has 19 heavy (non-hydrogen) atoms. The first-order chi connectivity index (χ1) is 9.22. The number of carbonyl (C=O) groups is 2. The summed E-state index contributed by atoms with van der Waals surface area (Å²) in [5.41, 5.74) is 1.36. The lowest BCUT2D eigenvalue weighted by Crippen LogP contribution is -2.47. The number of amides is 2. The number of fused-ring (bicyclic) bond motifs is 1. The van der Waals surface area contributed by atoms with Crippen LogP contribution in [0.2, 0.25) is 0 Å². The molecule has 0 aromatic carbocycles. The Morgan fingerprint density at radius 2 is 2.16 bits per heavy atom. The predicted octanol–water partition coefficient (Wildman–Crippen LogP) is 1.64. The minimum atomic E-state index is 0.0144. The fraction of sp³-hybridized carbons (Fsp3) is 0.571. The Labute approximate surface area is 116 Å². The van der Waals surface area contributed by atoms with Gasteiger partial charge in [0.2, 0.25) is 5.91 Å². The third-order valence-corrected chi connectivity index (χ3v) is 5.06. The van der Waals surface area contributed by atoms with E-state index in [0.29, 0.717) is 13.0 Å². The third-order valence-electron chi connectivity index (χ3n) is 3.82. The van der Waals surface area contributed by atoms with Gasteiger partial charge in [-0.05, 0) is 43.7 Å². The Hall–Kier alpha value is -1.36. The molecule has 4 nitrogen and oxygen atoms in total. The smallest absolute Gasteiger partial charge is 0.261 e. The fourth-order valence-corrected chi connectivity index (χ4v) is 3.87. The maximum Gasteiger partial charge on any atom is 0.261 e. The van der Waals surface area contributed by atoms with Crippen molar-refractivity contribution in [2.75, 3.05) is 6.54 Å². The molecular weight excluding hydrogens is 260 g/mol. The first kappa shape index (κ1) is 12.7. The van der Waals surface area contributed by atoms with E-state index in [1.165, 1.54) is 23.3 Å². The molecule has 1 aliphatic carbocycles. The van der Waals surface area contributed by atoms with E-state index < -0.39 is 0 Å². The third kappa shape index (κ3) is 2.81. The van der Waals surface area contributed by atoms with Crippen LogP contribution in [0.4, 0.5) is 0 Å². The molecule has 5 heteroatoms. The number of thiophene rings is 1. The van der Waals surface area contributed by atoms with Crippen molar-refractivity contribution < 1.29 is 9.59 Å². The molecule has 3 rings (SSSR count). The lowest BCUT2D eigenvalue weighted by atomic mass is 9.99. The summed E-state index contributed by atoms with van der Waals surface area (Å²) in [6.07, 6.45) is 5.95. The molecule has 2 amide bonds. The molecule has 1 saturated heterocycles. The SMILES string of the molecule is O=C1CCC(NC(=O)c2cc3c(s2)CCCC3)CN1. The Balaban J connectivity index is 1.63. The van der Waals surface area contributed by atoms with Gasteiger partial charge >= 0.3 is 0 Å². The zero-order valence-corrected chi connectivity index (χ0v) is 11.6. The molecule has 2 aliphatic rings. The van der Waals surface area contributed by atoms with Crippen molar-refractivity contribution in [2.45, 2.75) is 44.6 Å². The van der Waals surface area contributed by atoms with Gasteiger partial charge in [-0.25, -0.2) is 0 Å². The van der Waals surface area contributed by atoms with Crippen molar-refractivity contribution in [1.29, 1.82) is 0 Å². The minimum absolute atomic E-state index is 0.0144. The summed E-state index contributed by atoms with van der Waals surface area (Å²) < 4.78 is 0. The first-order valence-electron chi connectivity index (χ1n) is 6.91. The van der Waals surface area contributed by atoms with E-state index in [2.05, 4.69) is 16.7 Å². The molecule has 1 atom stereocenters. The second-order valence-corrected chi connectivity index (χ2v) is 6.42. The highest BCUT2D eigenvalue weighted by Gasteiger charge is 2.22. The van der Waals surface area contributed by atoms with Crippen LogP contribution in [-0.4, -0.2) is 24.4 Å². The van der Waals surface area contributed by atoms with Crippen LogP contribution < -0.4 is 10.6 Å². The van der Waals surface area contributed by atoms with E-state index in [4.69, 9.17) is 0 Å². The van der Waals surface area contributed by atoms with Crippen LogP contribution in [0.5, 0.6) is 0 Å². The molecule has 2 heterocycles. The van der Waals surface area contributed by atoms with Gasteiger partial charge in [-0.1, -0.05) is 0 Å². The Bertz CT molecular complexity index is 476. The topological polar surface area (TPSA) is 58.2 Å². The lowest BCUT2D eigenvalue weighted by molar-refractivity contribution is -0.122. The van der Waals surface area contributed by atoms with E-state index in [1.54, 1.807) is 11.3 Å². The molecule has 0 spiro atoms. The average Bonchev–Trinajstić information content (AvgIpc) is 2.85. The Morgan fingerprint density at radius 1 is 1.32 bits per heavy atom. The Kier molecular flexibility index (Phi) is 3.55. The molecule has 0 bridgehead atoms. The highest BCUT2D eigenvalue weighted by atomic mass is 32.1. The van der Waals surface area contributed by atoms with Gasteiger partial charge in [0, 0.05) is 23.9 Å². The minimum Gasteiger partial charge on any atom is -0.354 e. The molecule has 1 aromatic rings. The van der Waals surface area contributed by atoms with Crippen LogP contribution in [0.1, 0.15) is 45.8 Å². The number of nitrogens with one attached hydrogen (secondary N) is 2. The van der Waals surface area contributed by atoms with Crippen LogP contribution in [0.15, 0.2) is 6.07 Å². The van der Waals surface area contributed by atoms with E-state index in [0.717, 1.165) is 24.1 Å². The molecule has 1 unspecified atom stereocenters. The van der Waals surface area contributed by atoms with Crippen molar-refractivity contribution >= 4 is 23.2 Å². The zero-order chi connectivity index (χ0) is 13.2. The van der Waals surface area contributed by atoms with Gasteiger partial charge in [0.05, 0.1) is 4.88 Å². The zero-order valence-electron chi connectivity index (χ0n) is 10.8. The highest BCUT2D eigenvalue weighted by molar-refractivity contribution is 7.14. The number of hydrogen-bond acceptors (Lipinski definition) is 3. The maximum absolute atomic E-state index is 12.2. The predicted molar refractivity (Wildman–Crippen MR) is 74.5 cm³/mol. The molecule has 1 fully saturated rings. The molecular formula is C14H18N2O2S. The number of hydrogen-bond donors (Lipinski definition) is 2. The summed E-state index contributed by atoms with van der Waals surface area (Å²) in [6.45, 7) is 0.551. The monoisotopic (exact) mass is 278 g/mol. The van der Waals surface area contributed by atoms with E-state index in [-0.39, 0.29) is 17.9 Å². The summed E-state index contributed by atoms with van der Waals surface area (Å²) in [5.74, 6) is 0.0950. The van der Waals surface area contributed by atoms with Crippen LogP contribution in [0, 0.1) is 0 Å². The summed E-state index contributed by atoms with van der Waals surface area (Å²) in [7, 11) is 0. The van der Waals surface area contributed by atoms with Gasteiger partial charge in [-0.15, -0.1) is 11.3 Å². The molecule has 2 N–H and O–H groups in total. The van der Waals surface area contributed by atoms with Gasteiger partial charge in [0.1, 0.15) is 0 Å². The van der Waals surface area contributed by atoms with Crippen LogP contribution in [0.25, 0.3) is 0 Å². The summed E-state index contributed by atoms with van der Waals surface area (Å²) in [4.78, 5) is 25.5. The maximum atomic E-state index is 12.2. The quantitative estimate of drug-likeness (QED) is 0.864. The second-order valence-electron chi connectivity index (χ2n) is 5.28. The van der Waals surface area contributed by atoms with Crippen molar-refractivity contribution in [3.05, 3.63) is 21.4 Å². The number of piperidine rings is 1. The number of aryl methyl sites for hydroxylation is 2. The van der Waals surface area contributed by atoms with E-state index in [9.17, 15) is 9.59 Å². The van der Waals surface area contributed by atoms with E-state index >= 15 is 0 Å². The molecule has 0 saturated carbocycles. The van der Waals surface area contributed by atoms with Crippen molar-refractivity contribution in [2.24, 2.45) is 0 Å². The van der Waals surface area contributed by atoms with Gasteiger partial charge in [0.25, 0.3) is 5.91 Å². The summed E-state index contributed by atoms with van der Waals surface area (Å²) in [5, 5.41) is 5.81. The molecule has 1 aliphatic heterocycles. The van der Waals surface area contributed by atoms with Crippen LogP contribution in [-0.2, 0) is 17.6 Å². The molecule has 0 radical (unpaired) electrons. The van der Waals surface area contributed by atoms with Gasteiger partial charge in [-0.2, -0.15) is 0 Å². The molecule has 1 aromatic heterocycles. The van der Waals surface area contributed by atoms with Crippen molar-refractivity contribution in [3.63, 3.8) is 0 Å². The normalized spacial score (nSPS) is 22.5. The average molecular weight is 278 g/mol.